The zero-order valence-corrected chi connectivity index (χ0v) is 24.8. The minimum absolute atomic E-state index is 0.0298. The molecule has 3 heterocycles. The van der Waals surface area contributed by atoms with Crippen LogP contribution >= 0.6 is 11.3 Å². The van der Waals surface area contributed by atoms with Crippen molar-refractivity contribution < 1.29 is 14.3 Å². The van der Waals surface area contributed by atoms with Crippen LogP contribution in [0.4, 0.5) is 5.69 Å². The topological polar surface area (TPSA) is 70.9 Å². The number of benzene rings is 2. The lowest BCUT2D eigenvalue weighted by molar-refractivity contribution is 0.0732. The number of hydrogen-bond donors (Lipinski definition) is 0. The monoisotopic (exact) mass is 571 g/mol. The molecular formula is C32H37N5O3S. The summed E-state index contributed by atoms with van der Waals surface area (Å²) in [5.74, 6) is 0.863. The second-order valence-corrected chi connectivity index (χ2v) is 11.2. The first-order valence-electron chi connectivity index (χ1n) is 14.1. The first-order valence-corrected chi connectivity index (χ1v) is 15.0. The van der Waals surface area contributed by atoms with E-state index in [9.17, 15) is 9.59 Å². The second-order valence-electron chi connectivity index (χ2n) is 10.2. The Morgan fingerprint density at radius 1 is 1.00 bits per heavy atom. The number of aromatic nitrogens is 2. The van der Waals surface area contributed by atoms with Gasteiger partial charge in [0.15, 0.2) is 0 Å². The highest BCUT2D eigenvalue weighted by molar-refractivity contribution is 7.09. The molecule has 0 atom stereocenters. The molecule has 1 fully saturated rings. The Balaban J connectivity index is 1.22. The van der Waals surface area contributed by atoms with Crippen molar-refractivity contribution in [2.75, 3.05) is 44.7 Å². The van der Waals surface area contributed by atoms with E-state index in [1.807, 2.05) is 76.8 Å². The van der Waals surface area contributed by atoms with E-state index < -0.39 is 0 Å². The van der Waals surface area contributed by atoms with Crippen molar-refractivity contribution in [2.45, 2.75) is 33.4 Å². The molecule has 41 heavy (non-hydrogen) atoms. The number of carbonyl (C=O) groups is 2. The molecule has 2 aromatic heterocycles. The highest BCUT2D eigenvalue weighted by Crippen LogP contribution is 2.28. The van der Waals surface area contributed by atoms with E-state index in [2.05, 4.69) is 28.5 Å². The second kappa shape index (κ2) is 13.0. The summed E-state index contributed by atoms with van der Waals surface area (Å²) in [7, 11) is 1.68. The lowest BCUT2D eigenvalue weighted by atomic mass is 10.1. The minimum Gasteiger partial charge on any atom is -0.495 e. The number of aryl methyl sites for hydroxylation is 1. The Kier molecular flexibility index (Phi) is 9.04. The molecule has 0 saturated carbocycles. The van der Waals surface area contributed by atoms with E-state index >= 15 is 0 Å². The molecule has 0 spiro atoms. The number of thiazole rings is 1. The predicted molar refractivity (Wildman–Crippen MR) is 163 cm³/mol. The van der Waals surface area contributed by atoms with E-state index in [0.29, 0.717) is 38.4 Å². The molecule has 2 aromatic carbocycles. The van der Waals surface area contributed by atoms with Gasteiger partial charge in [-0.05, 0) is 49.2 Å². The van der Waals surface area contributed by atoms with Gasteiger partial charge in [-0.3, -0.25) is 9.59 Å². The van der Waals surface area contributed by atoms with Crippen LogP contribution in [0.15, 0.2) is 72.2 Å². The van der Waals surface area contributed by atoms with E-state index in [1.54, 1.807) is 7.11 Å². The number of amides is 2. The number of ether oxygens (including phenoxy) is 1. The fourth-order valence-corrected chi connectivity index (χ4v) is 6.05. The van der Waals surface area contributed by atoms with Gasteiger partial charge in [0.25, 0.3) is 11.8 Å². The van der Waals surface area contributed by atoms with Crippen molar-refractivity contribution in [1.82, 2.24) is 19.4 Å². The average Bonchev–Trinajstić information content (AvgIpc) is 3.66. The molecular weight excluding hydrogens is 534 g/mol. The molecule has 1 aliphatic heterocycles. The molecule has 0 radical (unpaired) electrons. The van der Waals surface area contributed by atoms with E-state index in [1.165, 1.54) is 11.3 Å². The summed E-state index contributed by atoms with van der Waals surface area (Å²) in [6.07, 6.45) is 2.89. The van der Waals surface area contributed by atoms with Crippen molar-refractivity contribution in [1.29, 1.82) is 0 Å². The number of anilines is 1. The molecule has 9 heteroatoms. The third kappa shape index (κ3) is 6.46. The molecule has 1 aliphatic rings. The Morgan fingerprint density at radius 3 is 2.51 bits per heavy atom. The molecule has 5 rings (SSSR count). The Morgan fingerprint density at radius 2 is 1.76 bits per heavy atom. The summed E-state index contributed by atoms with van der Waals surface area (Å²) in [4.78, 5) is 37.4. The first kappa shape index (κ1) is 28.4. The van der Waals surface area contributed by atoms with E-state index in [-0.39, 0.29) is 11.8 Å². The molecule has 0 bridgehead atoms. The number of nitrogens with zero attached hydrogens (tertiary/aromatic N) is 5. The fourth-order valence-electron chi connectivity index (χ4n) is 5.28. The highest BCUT2D eigenvalue weighted by atomic mass is 32.1. The van der Waals surface area contributed by atoms with Crippen LogP contribution in [0.1, 0.15) is 50.5 Å². The number of piperazine rings is 1. The number of rotatable bonds is 10. The molecule has 0 aliphatic carbocycles. The third-order valence-electron chi connectivity index (χ3n) is 7.50. The summed E-state index contributed by atoms with van der Waals surface area (Å²) >= 11 is 1.50. The van der Waals surface area contributed by atoms with Crippen molar-refractivity contribution in [2.24, 2.45) is 0 Å². The van der Waals surface area contributed by atoms with Crippen molar-refractivity contribution in [3.63, 3.8) is 0 Å². The summed E-state index contributed by atoms with van der Waals surface area (Å²) in [6, 6.07) is 19.8. The number of para-hydroxylation sites is 2. The molecule has 1 saturated heterocycles. The summed E-state index contributed by atoms with van der Waals surface area (Å²) in [6.45, 7) is 8.56. The average molecular weight is 572 g/mol. The van der Waals surface area contributed by atoms with Crippen molar-refractivity contribution in [3.05, 3.63) is 99.8 Å². The summed E-state index contributed by atoms with van der Waals surface area (Å²) in [5, 5.41) is 2.73. The largest absolute Gasteiger partial charge is 0.495 e. The molecule has 4 aromatic rings. The van der Waals surface area contributed by atoms with Gasteiger partial charge >= 0.3 is 0 Å². The van der Waals surface area contributed by atoms with Crippen LogP contribution in [0.2, 0.25) is 0 Å². The predicted octanol–water partition coefficient (Wildman–Crippen LogP) is 5.32. The van der Waals surface area contributed by atoms with Crippen molar-refractivity contribution in [3.8, 4) is 5.75 Å². The van der Waals surface area contributed by atoms with Gasteiger partial charge < -0.3 is 24.0 Å². The maximum atomic E-state index is 13.4. The van der Waals surface area contributed by atoms with Gasteiger partial charge in [-0.1, -0.05) is 37.3 Å². The lowest BCUT2D eigenvalue weighted by Crippen LogP contribution is -2.49. The SMILES string of the molecule is CCCN(Cc1cccn1Cc1nc(C(=O)N2CCN(c3ccccc3OC)CC2)cs1)C(=O)c1ccccc1C. The maximum absolute atomic E-state index is 13.4. The molecule has 8 nitrogen and oxygen atoms in total. The van der Waals surface area contributed by atoms with Crippen molar-refractivity contribution >= 4 is 28.8 Å². The smallest absolute Gasteiger partial charge is 0.273 e. The van der Waals surface area contributed by atoms with Crippen LogP contribution in [0, 0.1) is 6.92 Å². The number of carbonyl (C=O) groups excluding carboxylic acids is 2. The molecule has 2 amide bonds. The number of hydrogen-bond acceptors (Lipinski definition) is 6. The maximum Gasteiger partial charge on any atom is 0.273 e. The Bertz CT molecular complexity index is 1490. The van der Waals surface area contributed by atoms with Gasteiger partial charge in [0.1, 0.15) is 16.5 Å². The van der Waals surface area contributed by atoms with Crippen LogP contribution in [0.5, 0.6) is 5.75 Å². The van der Waals surface area contributed by atoms with Crippen LogP contribution < -0.4 is 9.64 Å². The first-order chi connectivity index (χ1) is 20.0. The van der Waals surface area contributed by atoms with Gasteiger partial charge in [-0.2, -0.15) is 0 Å². The highest BCUT2D eigenvalue weighted by Gasteiger charge is 2.25. The van der Waals surface area contributed by atoms with Crippen LogP contribution in [-0.2, 0) is 13.1 Å². The standard InChI is InChI=1S/C32H37N5O3S/c1-4-15-37(31(38)26-12-6-5-10-24(26)2)21-25-11-9-16-36(25)22-30-33-27(23-41-30)32(39)35-19-17-34(18-20-35)28-13-7-8-14-29(28)40-3/h5-14,16,23H,4,15,17-22H2,1-3H3. The molecule has 214 valence electrons. The van der Waals surface area contributed by atoms with Gasteiger partial charge in [0.2, 0.25) is 0 Å². The molecule has 0 N–H and O–H groups in total. The summed E-state index contributed by atoms with van der Waals surface area (Å²) in [5.41, 5.74) is 4.31. The minimum atomic E-state index is -0.0298. The molecule has 0 unspecified atom stereocenters. The normalized spacial score (nSPS) is 13.3. The number of methoxy groups -OCH3 is 1. The third-order valence-corrected chi connectivity index (χ3v) is 8.34. The van der Waals surface area contributed by atoms with Crippen LogP contribution in [0.3, 0.4) is 0 Å². The Labute approximate surface area is 245 Å². The van der Waals surface area contributed by atoms with Gasteiger partial charge in [-0.15, -0.1) is 11.3 Å². The quantitative estimate of drug-likeness (QED) is 0.258. The Hall–Kier alpha value is -4.11. The van der Waals surface area contributed by atoms with Gasteiger partial charge in [-0.25, -0.2) is 4.98 Å². The summed E-state index contributed by atoms with van der Waals surface area (Å²) < 4.78 is 7.63. The van der Waals surface area contributed by atoms with E-state index in [0.717, 1.165) is 52.8 Å². The van der Waals surface area contributed by atoms with E-state index in [4.69, 9.17) is 9.72 Å². The van der Waals surface area contributed by atoms with Gasteiger partial charge in [0.05, 0.1) is 25.9 Å². The lowest BCUT2D eigenvalue weighted by Gasteiger charge is -2.36. The van der Waals surface area contributed by atoms with Crippen LogP contribution in [0.25, 0.3) is 0 Å². The van der Waals surface area contributed by atoms with Crippen LogP contribution in [-0.4, -0.2) is 71.0 Å². The fraction of sp³-hybridized carbons (Fsp3) is 0.344. The zero-order chi connectivity index (χ0) is 28.8. The zero-order valence-electron chi connectivity index (χ0n) is 24.0. The van der Waals surface area contributed by atoms with Gasteiger partial charge in [0, 0.05) is 55.6 Å².